The first-order valence-electron chi connectivity index (χ1n) is 6.06. The van der Waals surface area contributed by atoms with Crippen LogP contribution in [0.1, 0.15) is 23.7 Å². The number of nitrogens with zero attached hydrogens (tertiary/aromatic N) is 1. The second-order valence-electron chi connectivity index (χ2n) is 4.55. The Labute approximate surface area is 107 Å². The average molecular weight is 242 g/mol. The first-order chi connectivity index (χ1) is 8.58. The number of rotatable bonds is 3. The van der Waals surface area contributed by atoms with Gasteiger partial charge in [-0.3, -0.25) is 4.79 Å². The molecule has 0 saturated carbocycles. The third-order valence-electron chi connectivity index (χ3n) is 3.11. The molecule has 1 N–H and O–H groups in total. The second kappa shape index (κ2) is 5.08. The van der Waals surface area contributed by atoms with Crippen LogP contribution in [-0.4, -0.2) is 10.5 Å². The largest absolute Gasteiger partial charge is 0.327 e. The van der Waals surface area contributed by atoms with Crippen LogP contribution in [0.5, 0.6) is 0 Å². The standard InChI is InChI=1S/C15H18N2O/c1-11-9-15(16-13(3)18)17(12(11)2)10-14-7-5-4-6-8-14/h4-9H,10H2,1-3H3,(H,16,18). The van der Waals surface area contributed by atoms with Crippen molar-refractivity contribution in [2.75, 3.05) is 5.32 Å². The first-order valence-corrected chi connectivity index (χ1v) is 6.06. The predicted octanol–water partition coefficient (Wildman–Crippen LogP) is 3.11. The van der Waals surface area contributed by atoms with E-state index in [0.29, 0.717) is 0 Å². The summed E-state index contributed by atoms with van der Waals surface area (Å²) < 4.78 is 2.13. The van der Waals surface area contributed by atoms with Gasteiger partial charge in [-0.25, -0.2) is 0 Å². The zero-order chi connectivity index (χ0) is 13.1. The van der Waals surface area contributed by atoms with Gasteiger partial charge in [0.1, 0.15) is 5.82 Å². The highest BCUT2D eigenvalue weighted by Gasteiger charge is 2.10. The Morgan fingerprint density at radius 2 is 1.89 bits per heavy atom. The van der Waals surface area contributed by atoms with Gasteiger partial charge in [-0.15, -0.1) is 0 Å². The lowest BCUT2D eigenvalue weighted by Gasteiger charge is -2.12. The molecule has 2 aromatic rings. The van der Waals surface area contributed by atoms with Crippen molar-refractivity contribution in [2.45, 2.75) is 27.3 Å². The molecule has 0 fully saturated rings. The maximum Gasteiger partial charge on any atom is 0.222 e. The molecule has 1 aromatic carbocycles. The SMILES string of the molecule is CC(=O)Nc1cc(C)c(C)n1Cc1ccccc1. The van der Waals surface area contributed by atoms with Crippen LogP contribution in [0.4, 0.5) is 5.82 Å². The van der Waals surface area contributed by atoms with E-state index in [4.69, 9.17) is 0 Å². The van der Waals surface area contributed by atoms with Gasteiger partial charge in [-0.2, -0.15) is 0 Å². The lowest BCUT2D eigenvalue weighted by atomic mass is 10.2. The van der Waals surface area contributed by atoms with Crippen LogP contribution in [0.15, 0.2) is 36.4 Å². The number of hydrogen-bond donors (Lipinski definition) is 1. The molecule has 0 atom stereocenters. The minimum Gasteiger partial charge on any atom is -0.327 e. The molecule has 0 bridgehead atoms. The van der Waals surface area contributed by atoms with E-state index in [1.54, 1.807) is 0 Å². The van der Waals surface area contributed by atoms with Crippen molar-refractivity contribution >= 4 is 11.7 Å². The lowest BCUT2D eigenvalue weighted by Crippen LogP contribution is -2.12. The van der Waals surface area contributed by atoms with Gasteiger partial charge in [-0.05, 0) is 31.0 Å². The smallest absolute Gasteiger partial charge is 0.222 e. The van der Waals surface area contributed by atoms with Crippen LogP contribution in [0.3, 0.4) is 0 Å². The van der Waals surface area contributed by atoms with E-state index in [-0.39, 0.29) is 5.91 Å². The van der Waals surface area contributed by atoms with Crippen molar-refractivity contribution in [1.82, 2.24) is 4.57 Å². The Bertz CT molecular complexity index is 555. The molecule has 3 heteroatoms. The average Bonchev–Trinajstić information content (AvgIpc) is 2.58. The summed E-state index contributed by atoms with van der Waals surface area (Å²) in [6, 6.07) is 12.3. The van der Waals surface area contributed by atoms with Gasteiger partial charge in [0.2, 0.25) is 5.91 Å². The Morgan fingerprint density at radius 3 is 2.50 bits per heavy atom. The highest BCUT2D eigenvalue weighted by molar-refractivity contribution is 5.88. The first kappa shape index (κ1) is 12.4. The summed E-state index contributed by atoms with van der Waals surface area (Å²) in [5.41, 5.74) is 3.60. The van der Waals surface area contributed by atoms with Crippen LogP contribution in [0.25, 0.3) is 0 Å². The Balaban J connectivity index is 2.34. The van der Waals surface area contributed by atoms with Crippen LogP contribution in [-0.2, 0) is 11.3 Å². The highest BCUT2D eigenvalue weighted by Crippen LogP contribution is 2.20. The molecular formula is C15H18N2O. The zero-order valence-corrected chi connectivity index (χ0v) is 11.0. The third-order valence-corrected chi connectivity index (χ3v) is 3.11. The molecular weight excluding hydrogens is 224 g/mol. The van der Waals surface area contributed by atoms with Gasteiger partial charge in [0, 0.05) is 19.2 Å². The van der Waals surface area contributed by atoms with E-state index in [1.807, 2.05) is 24.3 Å². The third kappa shape index (κ3) is 2.62. The predicted molar refractivity (Wildman–Crippen MR) is 73.8 cm³/mol. The van der Waals surface area contributed by atoms with Crippen LogP contribution in [0.2, 0.25) is 0 Å². The monoisotopic (exact) mass is 242 g/mol. The Morgan fingerprint density at radius 1 is 1.22 bits per heavy atom. The summed E-state index contributed by atoms with van der Waals surface area (Å²) in [6.45, 7) is 6.44. The topological polar surface area (TPSA) is 34.0 Å². The van der Waals surface area contributed by atoms with Crippen LogP contribution in [0, 0.1) is 13.8 Å². The van der Waals surface area contributed by atoms with E-state index < -0.39 is 0 Å². The van der Waals surface area contributed by atoms with E-state index in [2.05, 4.69) is 35.9 Å². The fourth-order valence-corrected chi connectivity index (χ4v) is 2.03. The molecule has 18 heavy (non-hydrogen) atoms. The zero-order valence-electron chi connectivity index (χ0n) is 11.0. The molecule has 1 amide bonds. The number of hydrogen-bond acceptors (Lipinski definition) is 1. The summed E-state index contributed by atoms with van der Waals surface area (Å²) in [7, 11) is 0. The molecule has 1 heterocycles. The molecule has 0 aliphatic carbocycles. The Kier molecular flexibility index (Phi) is 3.51. The minimum absolute atomic E-state index is 0.0400. The summed E-state index contributed by atoms with van der Waals surface area (Å²) in [4.78, 5) is 11.2. The second-order valence-corrected chi connectivity index (χ2v) is 4.55. The molecule has 94 valence electrons. The van der Waals surface area contributed by atoms with Crippen molar-refractivity contribution < 1.29 is 4.79 Å². The molecule has 0 unspecified atom stereocenters. The van der Waals surface area contributed by atoms with Gasteiger partial charge in [0.05, 0.1) is 0 Å². The van der Waals surface area contributed by atoms with Crippen molar-refractivity contribution in [3.05, 3.63) is 53.2 Å². The summed E-state index contributed by atoms with van der Waals surface area (Å²) in [5, 5.41) is 2.88. The fraction of sp³-hybridized carbons (Fsp3) is 0.267. The number of aryl methyl sites for hydroxylation is 1. The minimum atomic E-state index is -0.0400. The van der Waals surface area contributed by atoms with Crippen molar-refractivity contribution in [1.29, 1.82) is 0 Å². The molecule has 0 aliphatic heterocycles. The number of amides is 1. The Hall–Kier alpha value is -2.03. The lowest BCUT2D eigenvalue weighted by molar-refractivity contribution is -0.114. The molecule has 1 aromatic heterocycles. The van der Waals surface area contributed by atoms with E-state index in [9.17, 15) is 4.79 Å². The van der Waals surface area contributed by atoms with Gasteiger partial charge < -0.3 is 9.88 Å². The number of benzene rings is 1. The van der Waals surface area contributed by atoms with Crippen molar-refractivity contribution in [2.24, 2.45) is 0 Å². The highest BCUT2D eigenvalue weighted by atomic mass is 16.1. The summed E-state index contributed by atoms with van der Waals surface area (Å²) in [6.07, 6.45) is 0. The molecule has 0 spiro atoms. The van der Waals surface area contributed by atoms with Gasteiger partial charge >= 0.3 is 0 Å². The summed E-state index contributed by atoms with van der Waals surface area (Å²) in [5.74, 6) is 0.822. The van der Waals surface area contributed by atoms with Crippen molar-refractivity contribution in [3.8, 4) is 0 Å². The number of carbonyl (C=O) groups is 1. The molecule has 0 radical (unpaired) electrons. The molecule has 0 aliphatic rings. The normalized spacial score (nSPS) is 10.4. The van der Waals surface area contributed by atoms with E-state index in [0.717, 1.165) is 12.4 Å². The molecule has 0 saturated heterocycles. The van der Waals surface area contributed by atoms with Crippen LogP contribution < -0.4 is 5.32 Å². The fourth-order valence-electron chi connectivity index (χ4n) is 2.03. The molecule has 2 rings (SSSR count). The van der Waals surface area contributed by atoms with E-state index in [1.165, 1.54) is 23.7 Å². The maximum atomic E-state index is 11.2. The van der Waals surface area contributed by atoms with Crippen LogP contribution >= 0.6 is 0 Å². The maximum absolute atomic E-state index is 11.2. The van der Waals surface area contributed by atoms with Gasteiger partial charge in [-0.1, -0.05) is 30.3 Å². The number of anilines is 1. The summed E-state index contributed by atoms with van der Waals surface area (Å²) >= 11 is 0. The van der Waals surface area contributed by atoms with Gasteiger partial charge in [0.15, 0.2) is 0 Å². The molecule has 3 nitrogen and oxygen atoms in total. The van der Waals surface area contributed by atoms with Gasteiger partial charge in [0.25, 0.3) is 0 Å². The number of aromatic nitrogens is 1. The quantitative estimate of drug-likeness (QED) is 0.881. The van der Waals surface area contributed by atoms with Crippen molar-refractivity contribution in [3.63, 3.8) is 0 Å². The van der Waals surface area contributed by atoms with E-state index >= 15 is 0 Å². The number of carbonyl (C=O) groups excluding carboxylic acids is 1. The number of nitrogens with one attached hydrogen (secondary N) is 1.